The summed E-state index contributed by atoms with van der Waals surface area (Å²) < 4.78 is 0. The van der Waals surface area contributed by atoms with Gasteiger partial charge in [0, 0.05) is 17.3 Å². The highest BCUT2D eigenvalue weighted by atomic mass is 16.3. The molecule has 0 radical (unpaired) electrons. The Morgan fingerprint density at radius 3 is 2.10 bits per heavy atom. The van der Waals surface area contributed by atoms with Gasteiger partial charge in [-0.2, -0.15) is 0 Å². The average Bonchev–Trinajstić information content (AvgIpc) is 3.14. The second-order valence-corrected chi connectivity index (χ2v) is 11.2. The topological polar surface area (TPSA) is 32.6 Å². The Balaban J connectivity index is 2.13. The first kappa shape index (κ1) is 22.6. The minimum absolute atomic E-state index is 0.00503. The average molecular weight is 406 g/mol. The van der Waals surface area contributed by atoms with E-state index in [1.54, 1.807) is 0 Å². The molecule has 0 unspecified atom stereocenters. The molecule has 2 aromatic rings. The fraction of sp³-hybridized carbons (Fsp3) is 0.536. The lowest BCUT2D eigenvalue weighted by Crippen LogP contribution is -2.17. The molecule has 162 valence electrons. The predicted octanol–water partition coefficient (Wildman–Crippen LogP) is 8.01. The van der Waals surface area contributed by atoms with Gasteiger partial charge in [0.2, 0.25) is 0 Å². The lowest BCUT2D eigenvalue weighted by Gasteiger charge is -2.27. The summed E-state index contributed by atoms with van der Waals surface area (Å²) in [4.78, 5) is 4.98. The molecule has 1 fully saturated rings. The van der Waals surface area contributed by atoms with Crippen molar-refractivity contribution in [2.45, 2.75) is 97.8 Å². The van der Waals surface area contributed by atoms with Crippen LogP contribution < -0.4 is 0 Å². The zero-order valence-corrected chi connectivity index (χ0v) is 20.2. The first-order valence-electron chi connectivity index (χ1n) is 11.4. The second-order valence-electron chi connectivity index (χ2n) is 11.2. The molecule has 0 spiro atoms. The molecular formula is C28H39NO. The lowest BCUT2D eigenvalue weighted by molar-refractivity contribution is 0.444. The molecule has 3 rings (SSSR count). The highest BCUT2D eigenvalue weighted by Gasteiger charge is 2.25. The molecule has 0 atom stereocenters. The van der Waals surface area contributed by atoms with Gasteiger partial charge in [-0.25, -0.2) is 0 Å². The van der Waals surface area contributed by atoms with Crippen LogP contribution in [0, 0.1) is 13.8 Å². The highest BCUT2D eigenvalue weighted by molar-refractivity contribution is 5.87. The molecule has 1 aliphatic rings. The van der Waals surface area contributed by atoms with Gasteiger partial charge in [0.05, 0.1) is 5.69 Å². The summed E-state index contributed by atoms with van der Waals surface area (Å²) in [6.07, 6.45) is 7.01. The zero-order valence-electron chi connectivity index (χ0n) is 20.2. The first-order valence-corrected chi connectivity index (χ1v) is 11.4. The number of aliphatic imine (C=N–C) groups is 1. The molecule has 0 saturated heterocycles. The predicted molar refractivity (Wildman–Crippen MR) is 130 cm³/mol. The van der Waals surface area contributed by atoms with Crippen molar-refractivity contribution in [3.63, 3.8) is 0 Å². The van der Waals surface area contributed by atoms with E-state index in [9.17, 15) is 5.11 Å². The molecule has 2 nitrogen and oxygen atoms in total. The summed E-state index contributed by atoms with van der Waals surface area (Å²) >= 11 is 0. The molecule has 0 bridgehead atoms. The first-order chi connectivity index (χ1) is 13.9. The Hall–Kier alpha value is -2.09. The van der Waals surface area contributed by atoms with Crippen LogP contribution in [-0.4, -0.2) is 11.3 Å². The molecule has 30 heavy (non-hydrogen) atoms. The maximum Gasteiger partial charge on any atom is 0.128 e. The van der Waals surface area contributed by atoms with Crippen LogP contribution in [0.5, 0.6) is 5.75 Å². The third-order valence-electron chi connectivity index (χ3n) is 6.42. The van der Waals surface area contributed by atoms with Gasteiger partial charge in [0.25, 0.3) is 0 Å². The summed E-state index contributed by atoms with van der Waals surface area (Å²) in [5, 5.41) is 11.1. The van der Waals surface area contributed by atoms with E-state index < -0.39 is 0 Å². The van der Waals surface area contributed by atoms with Gasteiger partial charge in [-0.3, -0.25) is 4.99 Å². The maximum absolute atomic E-state index is 11.1. The lowest BCUT2D eigenvalue weighted by atomic mass is 9.79. The molecular weight excluding hydrogens is 366 g/mol. The molecule has 2 aromatic carbocycles. The Morgan fingerprint density at radius 2 is 1.53 bits per heavy atom. The number of phenols is 1. The number of hydrogen-bond acceptors (Lipinski definition) is 2. The second kappa shape index (κ2) is 8.21. The van der Waals surface area contributed by atoms with E-state index in [1.807, 2.05) is 6.21 Å². The van der Waals surface area contributed by atoms with E-state index in [-0.39, 0.29) is 10.8 Å². The molecule has 0 heterocycles. The van der Waals surface area contributed by atoms with Gasteiger partial charge < -0.3 is 5.11 Å². The molecule has 0 aliphatic heterocycles. The molecule has 1 saturated carbocycles. The standard InChI is InChI=1S/C28H39NO/c1-18-13-19(2)25(23(14-18)20-11-9-10-12-20)29-17-21-15-22(27(3,4)5)16-24(26(21)30)28(6,7)8/h13-17,20,30H,9-12H2,1-8H3. The van der Waals surface area contributed by atoms with E-state index in [4.69, 9.17) is 4.99 Å². The van der Waals surface area contributed by atoms with Gasteiger partial charge in [0.15, 0.2) is 0 Å². The molecule has 0 aromatic heterocycles. The number of rotatable bonds is 3. The summed E-state index contributed by atoms with van der Waals surface area (Å²) in [5.74, 6) is 0.960. The number of nitrogens with zero attached hydrogens (tertiary/aromatic N) is 1. The van der Waals surface area contributed by atoms with Crippen LogP contribution in [0.4, 0.5) is 5.69 Å². The van der Waals surface area contributed by atoms with Crippen molar-refractivity contribution in [2.24, 2.45) is 4.99 Å². The number of benzene rings is 2. The largest absolute Gasteiger partial charge is 0.507 e. The van der Waals surface area contributed by atoms with E-state index in [1.165, 1.54) is 47.9 Å². The summed E-state index contributed by atoms with van der Waals surface area (Å²) in [6, 6.07) is 8.80. The Kier molecular flexibility index (Phi) is 6.18. The SMILES string of the molecule is Cc1cc(C)c(N=Cc2cc(C(C)(C)C)cc(C(C)(C)C)c2O)c(C2CCCC2)c1. The van der Waals surface area contributed by atoms with Crippen LogP contribution in [-0.2, 0) is 10.8 Å². The normalized spacial score (nSPS) is 16.0. The van der Waals surface area contributed by atoms with E-state index >= 15 is 0 Å². The monoisotopic (exact) mass is 405 g/mol. The Bertz CT molecular complexity index is 948. The van der Waals surface area contributed by atoms with Crippen LogP contribution in [0.1, 0.15) is 107 Å². The van der Waals surface area contributed by atoms with Crippen molar-refractivity contribution < 1.29 is 5.11 Å². The van der Waals surface area contributed by atoms with Gasteiger partial charge in [-0.1, -0.05) is 78.1 Å². The minimum Gasteiger partial charge on any atom is -0.507 e. The molecule has 1 aliphatic carbocycles. The third kappa shape index (κ3) is 4.79. The summed E-state index contributed by atoms with van der Waals surface area (Å²) in [6.45, 7) is 17.4. The smallest absolute Gasteiger partial charge is 0.128 e. The van der Waals surface area contributed by atoms with Crippen LogP contribution in [0.3, 0.4) is 0 Å². The summed E-state index contributed by atoms with van der Waals surface area (Å²) in [7, 11) is 0. The van der Waals surface area contributed by atoms with E-state index in [0.29, 0.717) is 11.7 Å². The van der Waals surface area contributed by atoms with Gasteiger partial charge in [-0.05, 0) is 66.2 Å². The fourth-order valence-electron chi connectivity index (χ4n) is 4.61. The van der Waals surface area contributed by atoms with Crippen LogP contribution >= 0.6 is 0 Å². The fourth-order valence-corrected chi connectivity index (χ4v) is 4.61. The highest BCUT2D eigenvalue weighted by Crippen LogP contribution is 2.41. The number of aromatic hydroxyl groups is 1. The number of hydrogen-bond donors (Lipinski definition) is 1. The van der Waals surface area contributed by atoms with Crippen molar-refractivity contribution in [3.8, 4) is 5.75 Å². The number of aryl methyl sites for hydroxylation is 2. The zero-order chi connectivity index (χ0) is 22.3. The van der Waals surface area contributed by atoms with Crippen molar-refractivity contribution in [2.75, 3.05) is 0 Å². The molecule has 1 N–H and O–H groups in total. The van der Waals surface area contributed by atoms with Gasteiger partial charge in [-0.15, -0.1) is 0 Å². The number of phenolic OH excluding ortho intramolecular Hbond substituents is 1. The van der Waals surface area contributed by atoms with E-state index in [2.05, 4.69) is 79.7 Å². The van der Waals surface area contributed by atoms with Crippen molar-refractivity contribution in [1.82, 2.24) is 0 Å². The summed E-state index contributed by atoms with van der Waals surface area (Å²) in [5.41, 5.74) is 7.88. The quantitative estimate of drug-likeness (QED) is 0.515. The van der Waals surface area contributed by atoms with Crippen LogP contribution in [0.25, 0.3) is 0 Å². The van der Waals surface area contributed by atoms with Crippen LogP contribution in [0.2, 0.25) is 0 Å². The van der Waals surface area contributed by atoms with Crippen molar-refractivity contribution in [1.29, 1.82) is 0 Å². The van der Waals surface area contributed by atoms with Crippen molar-refractivity contribution in [3.05, 3.63) is 57.6 Å². The molecule has 0 amide bonds. The minimum atomic E-state index is -0.136. The Labute approximate surface area is 183 Å². The van der Waals surface area contributed by atoms with E-state index in [0.717, 1.165) is 16.8 Å². The maximum atomic E-state index is 11.1. The van der Waals surface area contributed by atoms with Gasteiger partial charge in [0.1, 0.15) is 5.75 Å². The Morgan fingerprint density at radius 1 is 0.900 bits per heavy atom. The van der Waals surface area contributed by atoms with Gasteiger partial charge >= 0.3 is 0 Å². The van der Waals surface area contributed by atoms with Crippen molar-refractivity contribution >= 4 is 11.9 Å². The molecule has 2 heteroatoms. The third-order valence-corrected chi connectivity index (χ3v) is 6.42. The van der Waals surface area contributed by atoms with Crippen LogP contribution in [0.15, 0.2) is 29.3 Å².